The highest BCUT2D eigenvalue weighted by Crippen LogP contribution is 2.35. The van der Waals surface area contributed by atoms with Gasteiger partial charge in [0.1, 0.15) is 19.8 Å². The van der Waals surface area contributed by atoms with E-state index in [1.165, 1.54) is 12.1 Å². The van der Waals surface area contributed by atoms with Gasteiger partial charge < -0.3 is 14.8 Å². The molecule has 0 aromatic heterocycles. The van der Waals surface area contributed by atoms with Crippen LogP contribution in [0.25, 0.3) is 0 Å². The summed E-state index contributed by atoms with van der Waals surface area (Å²) in [7, 11) is -3.99. The van der Waals surface area contributed by atoms with Crippen molar-refractivity contribution >= 4 is 21.6 Å². The number of fused-ring (bicyclic) bond motifs is 1. The highest BCUT2D eigenvalue weighted by atomic mass is 32.2. The quantitative estimate of drug-likeness (QED) is 0.549. The van der Waals surface area contributed by atoms with Crippen LogP contribution < -0.4 is 19.1 Å². The van der Waals surface area contributed by atoms with E-state index in [1.807, 2.05) is 37.3 Å². The molecular weight excluding hydrogens is 440 g/mol. The van der Waals surface area contributed by atoms with Gasteiger partial charge in [-0.1, -0.05) is 55.5 Å². The van der Waals surface area contributed by atoms with Crippen molar-refractivity contribution in [3.63, 3.8) is 0 Å². The summed E-state index contributed by atoms with van der Waals surface area (Å²) >= 11 is 0. The van der Waals surface area contributed by atoms with Crippen LogP contribution in [0, 0.1) is 0 Å². The molecule has 172 valence electrons. The number of hydrogen-bond acceptors (Lipinski definition) is 5. The van der Waals surface area contributed by atoms with Gasteiger partial charge in [-0.25, -0.2) is 8.42 Å². The molecule has 0 radical (unpaired) electrons. The molecular formula is C25H26N2O5S. The number of nitrogens with zero attached hydrogens (tertiary/aromatic N) is 1. The summed E-state index contributed by atoms with van der Waals surface area (Å²) in [5, 5.41) is 2.87. The smallest absolute Gasteiger partial charge is 0.264 e. The Bertz CT molecular complexity index is 1200. The largest absolute Gasteiger partial charge is 0.486 e. The number of benzene rings is 3. The summed E-state index contributed by atoms with van der Waals surface area (Å²) in [4.78, 5) is 13.0. The molecule has 8 heteroatoms. The van der Waals surface area contributed by atoms with Crippen molar-refractivity contribution in [1.29, 1.82) is 0 Å². The minimum Gasteiger partial charge on any atom is -0.486 e. The predicted molar refractivity (Wildman–Crippen MR) is 126 cm³/mol. The van der Waals surface area contributed by atoms with E-state index < -0.39 is 15.9 Å². The SMILES string of the molecule is CC(CNC(=O)CN(c1ccc2c(c1)OCCO2)S(=O)(=O)c1ccccc1)c1ccccc1. The second-order valence-electron chi connectivity index (χ2n) is 7.77. The molecule has 0 bridgehead atoms. The Morgan fingerprint density at radius 2 is 1.58 bits per heavy atom. The maximum Gasteiger partial charge on any atom is 0.264 e. The Morgan fingerprint density at radius 1 is 0.939 bits per heavy atom. The Hall–Kier alpha value is -3.52. The minimum absolute atomic E-state index is 0.0867. The fourth-order valence-corrected chi connectivity index (χ4v) is 5.01. The lowest BCUT2D eigenvalue weighted by Crippen LogP contribution is -2.41. The molecule has 0 aliphatic carbocycles. The molecule has 1 unspecified atom stereocenters. The van der Waals surface area contributed by atoms with Crippen molar-refractivity contribution in [3.8, 4) is 11.5 Å². The molecule has 0 saturated heterocycles. The summed E-state index contributed by atoms with van der Waals surface area (Å²) in [5.74, 6) is 0.684. The van der Waals surface area contributed by atoms with Crippen molar-refractivity contribution in [2.75, 3.05) is 30.6 Å². The fourth-order valence-electron chi connectivity index (χ4n) is 3.57. The molecule has 7 nitrogen and oxygen atoms in total. The number of carbonyl (C=O) groups excluding carboxylic acids is 1. The first kappa shape index (κ1) is 22.7. The first-order chi connectivity index (χ1) is 15.9. The van der Waals surface area contributed by atoms with Gasteiger partial charge in [0.2, 0.25) is 5.91 Å². The van der Waals surface area contributed by atoms with Gasteiger partial charge in [-0.15, -0.1) is 0 Å². The van der Waals surface area contributed by atoms with E-state index in [0.29, 0.717) is 36.9 Å². The first-order valence-corrected chi connectivity index (χ1v) is 12.2. The van der Waals surface area contributed by atoms with Gasteiger partial charge in [0, 0.05) is 12.6 Å². The number of rotatable bonds is 8. The van der Waals surface area contributed by atoms with E-state index in [9.17, 15) is 13.2 Å². The lowest BCUT2D eigenvalue weighted by molar-refractivity contribution is -0.119. The summed E-state index contributed by atoms with van der Waals surface area (Å²) in [6.45, 7) is 2.84. The molecule has 1 heterocycles. The number of anilines is 1. The topological polar surface area (TPSA) is 84.9 Å². The van der Waals surface area contributed by atoms with E-state index in [-0.39, 0.29) is 17.4 Å². The Morgan fingerprint density at radius 3 is 2.27 bits per heavy atom. The van der Waals surface area contributed by atoms with Crippen molar-refractivity contribution in [1.82, 2.24) is 5.32 Å². The summed E-state index contributed by atoms with van der Waals surface area (Å²) in [6, 6.07) is 22.8. The van der Waals surface area contributed by atoms with Crippen LogP contribution in [-0.4, -0.2) is 40.6 Å². The van der Waals surface area contributed by atoms with Crippen LogP contribution >= 0.6 is 0 Å². The number of carbonyl (C=O) groups is 1. The zero-order chi connectivity index (χ0) is 23.3. The van der Waals surface area contributed by atoms with E-state index in [1.54, 1.807) is 36.4 Å². The standard InChI is InChI=1S/C25H26N2O5S/c1-19(20-8-4-2-5-9-20)17-26-25(28)18-27(33(29,30)22-10-6-3-7-11-22)21-12-13-23-24(16-21)32-15-14-31-23/h2-13,16,19H,14-15,17-18H2,1H3,(H,26,28). The van der Waals surface area contributed by atoms with E-state index in [4.69, 9.17) is 9.47 Å². The van der Waals surface area contributed by atoms with Crippen LogP contribution in [0.15, 0.2) is 83.8 Å². The average Bonchev–Trinajstić information content (AvgIpc) is 2.86. The minimum atomic E-state index is -3.99. The van der Waals surface area contributed by atoms with E-state index in [0.717, 1.165) is 9.87 Å². The Balaban J connectivity index is 1.57. The second-order valence-corrected chi connectivity index (χ2v) is 9.63. The number of ether oxygens (including phenoxy) is 2. The molecule has 33 heavy (non-hydrogen) atoms. The van der Waals surface area contributed by atoms with Crippen LogP contribution in [0.2, 0.25) is 0 Å². The third-order valence-corrected chi connectivity index (χ3v) is 7.19. The average molecular weight is 467 g/mol. The first-order valence-electron chi connectivity index (χ1n) is 10.7. The van der Waals surface area contributed by atoms with Gasteiger partial charge in [-0.2, -0.15) is 0 Å². The van der Waals surface area contributed by atoms with Crippen molar-refractivity contribution in [2.24, 2.45) is 0 Å². The summed E-state index contributed by atoms with van der Waals surface area (Å²) in [6.07, 6.45) is 0. The maximum absolute atomic E-state index is 13.5. The zero-order valence-corrected chi connectivity index (χ0v) is 19.1. The number of hydrogen-bond donors (Lipinski definition) is 1. The molecule has 0 spiro atoms. The third-order valence-electron chi connectivity index (χ3n) is 5.41. The summed E-state index contributed by atoms with van der Waals surface area (Å²) in [5.41, 5.74) is 1.42. The number of amides is 1. The molecule has 1 aliphatic heterocycles. The van der Waals surface area contributed by atoms with Crippen LogP contribution in [0.5, 0.6) is 11.5 Å². The molecule has 1 aliphatic rings. The molecule has 1 N–H and O–H groups in total. The lowest BCUT2D eigenvalue weighted by atomic mass is 10.0. The van der Waals surface area contributed by atoms with E-state index in [2.05, 4.69) is 5.32 Å². The number of sulfonamides is 1. The van der Waals surface area contributed by atoms with Crippen LogP contribution in [0.3, 0.4) is 0 Å². The molecule has 0 fully saturated rings. The van der Waals surface area contributed by atoms with Crippen molar-refractivity contribution < 1.29 is 22.7 Å². The van der Waals surface area contributed by atoms with Crippen LogP contribution in [-0.2, 0) is 14.8 Å². The molecule has 1 amide bonds. The Kier molecular flexibility index (Phi) is 6.84. The number of nitrogens with one attached hydrogen (secondary N) is 1. The molecule has 4 rings (SSSR count). The Labute approximate surface area is 194 Å². The highest BCUT2D eigenvalue weighted by Gasteiger charge is 2.28. The third kappa shape index (κ3) is 5.28. The van der Waals surface area contributed by atoms with Gasteiger partial charge in [-0.3, -0.25) is 9.10 Å². The molecule has 1 atom stereocenters. The van der Waals surface area contributed by atoms with Gasteiger partial charge in [0.25, 0.3) is 10.0 Å². The van der Waals surface area contributed by atoms with Crippen LogP contribution in [0.4, 0.5) is 5.69 Å². The maximum atomic E-state index is 13.5. The molecule has 0 saturated carbocycles. The van der Waals surface area contributed by atoms with Crippen molar-refractivity contribution in [3.05, 3.63) is 84.4 Å². The molecule has 3 aromatic rings. The van der Waals surface area contributed by atoms with Crippen LogP contribution in [0.1, 0.15) is 18.4 Å². The summed E-state index contributed by atoms with van der Waals surface area (Å²) < 4.78 is 39.2. The van der Waals surface area contributed by atoms with Gasteiger partial charge in [0.05, 0.1) is 10.6 Å². The van der Waals surface area contributed by atoms with Gasteiger partial charge in [0.15, 0.2) is 11.5 Å². The predicted octanol–water partition coefficient (Wildman–Crippen LogP) is 3.57. The van der Waals surface area contributed by atoms with Gasteiger partial charge >= 0.3 is 0 Å². The zero-order valence-electron chi connectivity index (χ0n) is 18.3. The lowest BCUT2D eigenvalue weighted by Gasteiger charge is -2.26. The monoisotopic (exact) mass is 466 g/mol. The van der Waals surface area contributed by atoms with Crippen molar-refractivity contribution in [2.45, 2.75) is 17.7 Å². The normalized spacial score (nSPS) is 13.7. The van der Waals surface area contributed by atoms with E-state index >= 15 is 0 Å². The fraction of sp³-hybridized carbons (Fsp3) is 0.240. The molecule has 3 aromatic carbocycles. The second kappa shape index (κ2) is 9.95. The van der Waals surface area contributed by atoms with Gasteiger partial charge in [-0.05, 0) is 35.7 Å². The highest BCUT2D eigenvalue weighted by molar-refractivity contribution is 7.92.